The Kier molecular flexibility index (Phi) is 7.23. The number of pyridine rings is 1. The summed E-state index contributed by atoms with van der Waals surface area (Å²) >= 11 is 0. The van der Waals surface area contributed by atoms with Crippen molar-refractivity contribution in [3.63, 3.8) is 0 Å². The second kappa shape index (κ2) is 12.9. The van der Waals surface area contributed by atoms with Gasteiger partial charge in [-0.3, -0.25) is 0 Å². The van der Waals surface area contributed by atoms with Crippen molar-refractivity contribution in [2.45, 2.75) is 0 Å². The maximum Gasteiger partial charge on any atom is 0.136 e. The zero-order chi connectivity index (χ0) is 38.2. The molecule has 0 radical (unpaired) electrons. The molecular formula is C55H34N2O. The Balaban J connectivity index is 0.989. The molecule has 0 saturated carbocycles. The van der Waals surface area contributed by atoms with Crippen molar-refractivity contribution in [1.82, 2.24) is 9.55 Å². The lowest BCUT2D eigenvalue weighted by Crippen LogP contribution is -1.93. The fourth-order valence-electron chi connectivity index (χ4n) is 9.14. The maximum atomic E-state index is 6.59. The van der Waals surface area contributed by atoms with Crippen LogP contribution < -0.4 is 0 Å². The standard InChI is InChI=1S/C55H34N2O/c1-3-14-36(15-4-1)52-53-43-21-7-10-23-47(43)56-55(46(53)34-51-54(52)44-22-9-12-25-50(44)58-51)37-28-26-35(27-29-37)38-16-13-17-39(32-38)40-30-31-49-45(33-40)42-20-8-11-24-48(42)57(49)41-18-5-2-6-19-41/h1-34H. The molecule has 0 atom stereocenters. The van der Waals surface area contributed by atoms with E-state index in [1.54, 1.807) is 0 Å². The van der Waals surface area contributed by atoms with Gasteiger partial charge in [0.15, 0.2) is 0 Å². The van der Waals surface area contributed by atoms with E-state index in [9.17, 15) is 0 Å². The minimum Gasteiger partial charge on any atom is -0.456 e. The molecule has 0 bridgehead atoms. The first kappa shape index (κ1) is 32.5. The van der Waals surface area contributed by atoms with E-state index in [4.69, 9.17) is 9.40 Å². The van der Waals surface area contributed by atoms with Crippen LogP contribution in [0.5, 0.6) is 0 Å². The van der Waals surface area contributed by atoms with Crippen LogP contribution in [0.4, 0.5) is 0 Å². The van der Waals surface area contributed by atoms with E-state index in [0.717, 1.165) is 60.6 Å². The molecule has 3 heteroatoms. The third-order valence-corrected chi connectivity index (χ3v) is 11.8. The lowest BCUT2D eigenvalue weighted by Gasteiger charge is -2.16. The Labute approximate surface area is 334 Å². The zero-order valence-corrected chi connectivity index (χ0v) is 31.4. The van der Waals surface area contributed by atoms with E-state index in [1.807, 2.05) is 6.07 Å². The van der Waals surface area contributed by atoms with Crippen molar-refractivity contribution in [2.75, 3.05) is 0 Å². The molecule has 3 nitrogen and oxygen atoms in total. The molecule has 0 aliphatic rings. The molecule has 270 valence electrons. The number of para-hydroxylation sites is 4. The first-order valence-corrected chi connectivity index (χ1v) is 19.8. The van der Waals surface area contributed by atoms with Gasteiger partial charge in [-0.2, -0.15) is 0 Å². The minimum absolute atomic E-state index is 0.863. The van der Waals surface area contributed by atoms with E-state index in [-0.39, 0.29) is 0 Å². The zero-order valence-electron chi connectivity index (χ0n) is 31.4. The van der Waals surface area contributed by atoms with Crippen molar-refractivity contribution in [1.29, 1.82) is 0 Å². The topological polar surface area (TPSA) is 31.0 Å². The number of nitrogens with zero attached hydrogens (tertiary/aromatic N) is 2. The van der Waals surface area contributed by atoms with Crippen molar-refractivity contribution < 1.29 is 4.42 Å². The summed E-state index contributed by atoms with van der Waals surface area (Å²) in [5.41, 5.74) is 15.3. The van der Waals surface area contributed by atoms with Crippen LogP contribution in [0.2, 0.25) is 0 Å². The highest BCUT2D eigenvalue weighted by atomic mass is 16.3. The lowest BCUT2D eigenvalue weighted by molar-refractivity contribution is 0.669. The van der Waals surface area contributed by atoms with Gasteiger partial charge < -0.3 is 8.98 Å². The molecule has 0 amide bonds. The predicted molar refractivity (Wildman–Crippen MR) is 243 cm³/mol. The molecule has 0 unspecified atom stereocenters. The molecule has 9 aromatic carbocycles. The predicted octanol–water partition coefficient (Wildman–Crippen LogP) is 15.1. The SMILES string of the molecule is c1ccc(-c2c3c(cc4c(-c5ccc(-c6cccc(-c7ccc8c(c7)c7ccccc7n8-c7ccccc7)c6)cc5)nc5ccccc5c24)oc2ccccc23)cc1. The van der Waals surface area contributed by atoms with Crippen LogP contribution in [0.25, 0.3) is 116 Å². The molecule has 0 aliphatic carbocycles. The molecule has 3 aromatic heterocycles. The fourth-order valence-corrected chi connectivity index (χ4v) is 9.14. The van der Waals surface area contributed by atoms with Crippen LogP contribution in [-0.2, 0) is 0 Å². The Bertz CT molecular complexity index is 3540. The quantitative estimate of drug-likeness (QED) is 0.165. The van der Waals surface area contributed by atoms with E-state index in [1.165, 1.54) is 55.1 Å². The van der Waals surface area contributed by atoms with E-state index in [2.05, 4.69) is 205 Å². The first-order valence-electron chi connectivity index (χ1n) is 19.8. The monoisotopic (exact) mass is 738 g/mol. The highest BCUT2D eigenvalue weighted by Crippen LogP contribution is 2.46. The van der Waals surface area contributed by atoms with Crippen molar-refractivity contribution in [3.05, 3.63) is 206 Å². The number of hydrogen-bond acceptors (Lipinski definition) is 2. The van der Waals surface area contributed by atoms with E-state index >= 15 is 0 Å². The Hall–Kier alpha value is -7.75. The summed E-state index contributed by atoms with van der Waals surface area (Å²) in [6.45, 7) is 0. The van der Waals surface area contributed by atoms with Crippen LogP contribution >= 0.6 is 0 Å². The average Bonchev–Trinajstić information content (AvgIpc) is 3.84. The largest absolute Gasteiger partial charge is 0.456 e. The second-order valence-electron chi connectivity index (χ2n) is 15.1. The molecule has 0 spiro atoms. The van der Waals surface area contributed by atoms with Crippen molar-refractivity contribution in [3.8, 4) is 50.3 Å². The van der Waals surface area contributed by atoms with Gasteiger partial charge in [0.1, 0.15) is 11.2 Å². The van der Waals surface area contributed by atoms with Gasteiger partial charge in [0.2, 0.25) is 0 Å². The van der Waals surface area contributed by atoms with Gasteiger partial charge >= 0.3 is 0 Å². The fraction of sp³-hybridized carbons (Fsp3) is 0. The number of rotatable bonds is 5. The van der Waals surface area contributed by atoms with Crippen LogP contribution in [0.15, 0.2) is 211 Å². The second-order valence-corrected chi connectivity index (χ2v) is 15.1. The number of benzene rings is 9. The molecule has 0 fully saturated rings. The lowest BCUT2D eigenvalue weighted by atomic mass is 9.89. The first-order chi connectivity index (χ1) is 28.8. The number of fused-ring (bicyclic) bond motifs is 9. The molecular weight excluding hydrogens is 705 g/mol. The molecule has 12 aromatic rings. The van der Waals surface area contributed by atoms with Gasteiger partial charge in [0.05, 0.1) is 22.2 Å². The molecule has 3 heterocycles. The van der Waals surface area contributed by atoms with Gasteiger partial charge in [-0.05, 0) is 82.4 Å². The van der Waals surface area contributed by atoms with E-state index in [0.29, 0.717) is 0 Å². The summed E-state index contributed by atoms with van der Waals surface area (Å²) in [4.78, 5) is 5.35. The number of aromatic nitrogens is 2. The summed E-state index contributed by atoms with van der Waals surface area (Å²) in [7, 11) is 0. The molecule has 0 saturated heterocycles. The van der Waals surface area contributed by atoms with Crippen LogP contribution in [0.3, 0.4) is 0 Å². The highest BCUT2D eigenvalue weighted by molar-refractivity contribution is 6.27. The van der Waals surface area contributed by atoms with Crippen LogP contribution in [0, 0.1) is 0 Å². The van der Waals surface area contributed by atoms with Gasteiger partial charge in [-0.25, -0.2) is 4.98 Å². The van der Waals surface area contributed by atoms with Gasteiger partial charge in [-0.1, -0.05) is 152 Å². The normalized spacial score (nSPS) is 11.8. The summed E-state index contributed by atoms with van der Waals surface area (Å²) in [5, 5.41) is 8.14. The Morgan fingerprint density at radius 1 is 0.345 bits per heavy atom. The summed E-state index contributed by atoms with van der Waals surface area (Å²) < 4.78 is 8.95. The van der Waals surface area contributed by atoms with Crippen molar-refractivity contribution >= 4 is 65.4 Å². The highest BCUT2D eigenvalue weighted by Gasteiger charge is 2.22. The third-order valence-electron chi connectivity index (χ3n) is 11.8. The van der Waals surface area contributed by atoms with Crippen molar-refractivity contribution in [2.24, 2.45) is 0 Å². The molecule has 0 aliphatic heterocycles. The summed E-state index contributed by atoms with van der Waals surface area (Å²) in [6.07, 6.45) is 0. The average molecular weight is 739 g/mol. The van der Waals surface area contributed by atoms with Crippen LogP contribution in [0.1, 0.15) is 0 Å². The number of furan rings is 1. The summed E-state index contributed by atoms with van der Waals surface area (Å²) in [5.74, 6) is 0. The van der Waals surface area contributed by atoms with E-state index < -0.39 is 0 Å². The third kappa shape index (κ3) is 5.04. The molecule has 12 rings (SSSR count). The van der Waals surface area contributed by atoms with Gasteiger partial charge in [0, 0.05) is 54.5 Å². The van der Waals surface area contributed by atoms with Gasteiger partial charge in [-0.15, -0.1) is 0 Å². The smallest absolute Gasteiger partial charge is 0.136 e. The molecule has 58 heavy (non-hydrogen) atoms. The molecule has 0 N–H and O–H groups in total. The number of hydrogen-bond donors (Lipinski definition) is 0. The maximum absolute atomic E-state index is 6.59. The Morgan fingerprint density at radius 2 is 0.948 bits per heavy atom. The van der Waals surface area contributed by atoms with Gasteiger partial charge in [0.25, 0.3) is 0 Å². The minimum atomic E-state index is 0.863. The summed E-state index contributed by atoms with van der Waals surface area (Å²) in [6, 6.07) is 73.7. The van der Waals surface area contributed by atoms with Crippen LogP contribution in [-0.4, -0.2) is 9.55 Å². The Morgan fingerprint density at radius 3 is 1.78 bits per heavy atom.